The Hall–Kier alpha value is -1.77. The smallest absolute Gasteiger partial charge is 0.328 e. The molecule has 0 aromatic heterocycles. The Labute approximate surface area is 146 Å². The molecular formula is C21H32O3. The van der Waals surface area contributed by atoms with Gasteiger partial charge in [0.2, 0.25) is 0 Å². The molecule has 1 aromatic carbocycles. The van der Waals surface area contributed by atoms with Crippen LogP contribution in [-0.2, 0) is 15.6 Å². The van der Waals surface area contributed by atoms with E-state index in [1.807, 2.05) is 13.8 Å². The Morgan fingerprint density at radius 3 is 1.79 bits per heavy atom. The van der Waals surface area contributed by atoms with Crippen LogP contribution in [0.3, 0.4) is 0 Å². The third-order valence-corrected chi connectivity index (χ3v) is 4.04. The minimum absolute atomic E-state index is 0.0947. The maximum Gasteiger partial charge on any atom is 0.328 e. The van der Waals surface area contributed by atoms with Gasteiger partial charge in [-0.1, -0.05) is 48.5 Å². The first-order valence-corrected chi connectivity index (χ1v) is 8.67. The lowest BCUT2D eigenvalue weighted by Crippen LogP contribution is -2.20. The summed E-state index contributed by atoms with van der Waals surface area (Å²) in [5.41, 5.74) is 3.86. The van der Waals surface area contributed by atoms with Crippen molar-refractivity contribution in [3.63, 3.8) is 0 Å². The van der Waals surface area contributed by atoms with Gasteiger partial charge in [-0.15, -0.1) is 0 Å². The van der Waals surface area contributed by atoms with Crippen molar-refractivity contribution in [2.75, 3.05) is 6.61 Å². The van der Waals surface area contributed by atoms with Crippen LogP contribution in [0, 0.1) is 0 Å². The fourth-order valence-corrected chi connectivity index (χ4v) is 2.77. The number of carbonyl (C=O) groups is 1. The highest BCUT2D eigenvalue weighted by atomic mass is 16.5. The lowest BCUT2D eigenvalue weighted by atomic mass is 9.77. The molecule has 0 fully saturated rings. The van der Waals surface area contributed by atoms with Crippen molar-refractivity contribution in [3.05, 3.63) is 34.9 Å². The van der Waals surface area contributed by atoms with E-state index in [1.54, 1.807) is 0 Å². The fraction of sp³-hybridized carbons (Fsp3) is 0.571. The van der Waals surface area contributed by atoms with Crippen molar-refractivity contribution < 1.29 is 14.6 Å². The van der Waals surface area contributed by atoms with E-state index in [4.69, 9.17) is 4.74 Å². The Balaban J connectivity index is 3.80. The van der Waals surface area contributed by atoms with Crippen LogP contribution >= 0.6 is 0 Å². The van der Waals surface area contributed by atoms with E-state index in [0.717, 1.165) is 28.0 Å². The Morgan fingerprint density at radius 2 is 1.50 bits per heavy atom. The second kappa shape index (κ2) is 7.42. The SMILES string of the molecule is CCOc1c(C(C)(C)C)cc(/C(=C/C(=O)O)CC)cc1C(C)(C)C. The molecule has 0 aliphatic carbocycles. The number of allylic oxidation sites excluding steroid dienone is 1. The molecule has 0 aliphatic rings. The maximum atomic E-state index is 11.2. The van der Waals surface area contributed by atoms with Gasteiger partial charge in [0.1, 0.15) is 5.75 Å². The maximum absolute atomic E-state index is 11.2. The van der Waals surface area contributed by atoms with Gasteiger partial charge in [0.05, 0.1) is 6.61 Å². The summed E-state index contributed by atoms with van der Waals surface area (Å²) in [6, 6.07) is 4.19. The Kier molecular flexibility index (Phi) is 6.26. The summed E-state index contributed by atoms with van der Waals surface area (Å²) in [4.78, 5) is 11.2. The van der Waals surface area contributed by atoms with E-state index < -0.39 is 5.97 Å². The van der Waals surface area contributed by atoms with Crippen molar-refractivity contribution in [1.82, 2.24) is 0 Å². The van der Waals surface area contributed by atoms with Crippen LogP contribution in [0.5, 0.6) is 5.75 Å². The van der Waals surface area contributed by atoms with Crippen LogP contribution in [0.4, 0.5) is 0 Å². The molecule has 1 N–H and O–H groups in total. The van der Waals surface area contributed by atoms with Crippen LogP contribution in [0.25, 0.3) is 5.57 Å². The highest BCUT2D eigenvalue weighted by molar-refractivity contribution is 5.90. The number of benzene rings is 1. The van der Waals surface area contributed by atoms with Gasteiger partial charge in [-0.3, -0.25) is 0 Å². The minimum Gasteiger partial charge on any atom is -0.493 e. The van der Waals surface area contributed by atoms with Gasteiger partial charge in [-0.25, -0.2) is 4.79 Å². The molecule has 0 spiro atoms. The highest BCUT2D eigenvalue weighted by Gasteiger charge is 2.28. The number of hydrogen-bond acceptors (Lipinski definition) is 2. The number of aliphatic carboxylic acids is 1. The first kappa shape index (κ1) is 20.3. The third-order valence-electron chi connectivity index (χ3n) is 4.04. The van der Waals surface area contributed by atoms with Crippen molar-refractivity contribution in [2.45, 2.75) is 72.6 Å². The van der Waals surface area contributed by atoms with E-state index in [0.29, 0.717) is 13.0 Å². The van der Waals surface area contributed by atoms with Gasteiger partial charge in [0, 0.05) is 17.2 Å². The second-order valence-electron chi connectivity index (χ2n) is 8.19. The third kappa shape index (κ3) is 4.86. The first-order chi connectivity index (χ1) is 10.9. The van der Waals surface area contributed by atoms with Crippen molar-refractivity contribution in [1.29, 1.82) is 0 Å². The molecular weight excluding hydrogens is 300 g/mol. The minimum atomic E-state index is -0.907. The molecule has 3 nitrogen and oxygen atoms in total. The molecule has 0 bridgehead atoms. The van der Waals surface area contributed by atoms with E-state index >= 15 is 0 Å². The highest BCUT2D eigenvalue weighted by Crippen LogP contribution is 2.42. The number of carboxylic acid groups (broad SMARTS) is 1. The Bertz CT molecular complexity index is 590. The quantitative estimate of drug-likeness (QED) is 0.718. The van der Waals surface area contributed by atoms with Crippen LogP contribution in [-0.4, -0.2) is 17.7 Å². The zero-order chi connectivity index (χ0) is 18.7. The monoisotopic (exact) mass is 332 g/mol. The summed E-state index contributed by atoms with van der Waals surface area (Å²) in [6.07, 6.45) is 1.99. The van der Waals surface area contributed by atoms with Crippen LogP contribution in [0.15, 0.2) is 18.2 Å². The molecule has 0 saturated heterocycles. The summed E-state index contributed by atoms with van der Waals surface area (Å²) in [7, 11) is 0. The average Bonchev–Trinajstić information content (AvgIpc) is 2.42. The summed E-state index contributed by atoms with van der Waals surface area (Å²) in [5, 5.41) is 9.17. The fourth-order valence-electron chi connectivity index (χ4n) is 2.77. The van der Waals surface area contributed by atoms with Crippen LogP contribution in [0.1, 0.15) is 78.5 Å². The summed E-state index contributed by atoms with van der Waals surface area (Å²) in [5.74, 6) is 0.0300. The topological polar surface area (TPSA) is 46.5 Å². The van der Waals surface area contributed by atoms with Gasteiger partial charge in [0.25, 0.3) is 0 Å². The first-order valence-electron chi connectivity index (χ1n) is 8.67. The number of hydrogen-bond donors (Lipinski definition) is 1. The van der Waals surface area contributed by atoms with Gasteiger partial charge in [-0.2, -0.15) is 0 Å². The number of rotatable bonds is 5. The molecule has 0 amide bonds. The largest absolute Gasteiger partial charge is 0.493 e. The molecule has 0 radical (unpaired) electrons. The zero-order valence-corrected chi connectivity index (χ0v) is 16.4. The molecule has 0 saturated carbocycles. The average molecular weight is 332 g/mol. The molecule has 1 aromatic rings. The number of carboxylic acids is 1. The van der Waals surface area contributed by atoms with Gasteiger partial charge >= 0.3 is 5.97 Å². The molecule has 134 valence electrons. The van der Waals surface area contributed by atoms with Crippen molar-refractivity contribution >= 4 is 11.5 Å². The van der Waals surface area contributed by atoms with Gasteiger partial charge in [0.15, 0.2) is 0 Å². The summed E-state index contributed by atoms with van der Waals surface area (Å²) >= 11 is 0. The van der Waals surface area contributed by atoms with Gasteiger partial charge < -0.3 is 9.84 Å². The van der Waals surface area contributed by atoms with E-state index in [-0.39, 0.29) is 10.8 Å². The zero-order valence-electron chi connectivity index (χ0n) is 16.4. The van der Waals surface area contributed by atoms with Crippen LogP contribution in [0.2, 0.25) is 0 Å². The van der Waals surface area contributed by atoms with Crippen molar-refractivity contribution in [2.24, 2.45) is 0 Å². The molecule has 1 rings (SSSR count). The van der Waals surface area contributed by atoms with Crippen LogP contribution < -0.4 is 4.74 Å². The summed E-state index contributed by atoms with van der Waals surface area (Å²) < 4.78 is 6.03. The summed E-state index contributed by atoms with van der Waals surface area (Å²) in [6.45, 7) is 17.5. The second-order valence-corrected chi connectivity index (χ2v) is 8.19. The van der Waals surface area contributed by atoms with Crippen molar-refractivity contribution in [3.8, 4) is 5.75 Å². The molecule has 0 unspecified atom stereocenters. The van der Waals surface area contributed by atoms with E-state index in [2.05, 4.69) is 53.7 Å². The molecule has 0 atom stereocenters. The molecule has 3 heteroatoms. The number of ether oxygens (including phenoxy) is 1. The molecule has 0 heterocycles. The molecule has 24 heavy (non-hydrogen) atoms. The normalized spacial score (nSPS) is 13.1. The lowest BCUT2D eigenvalue weighted by molar-refractivity contribution is -0.131. The Morgan fingerprint density at radius 1 is 1.04 bits per heavy atom. The predicted octanol–water partition coefficient (Wildman–Crippen LogP) is 5.56. The van der Waals surface area contributed by atoms with Gasteiger partial charge in [-0.05, 0) is 47.4 Å². The molecule has 0 aliphatic heterocycles. The van der Waals surface area contributed by atoms with E-state index in [1.165, 1.54) is 6.08 Å². The standard InChI is InChI=1S/C21H32O3/c1-9-14(13-18(22)23)15-11-16(20(3,4)5)19(24-10-2)17(12-15)21(6,7)8/h11-13H,9-10H2,1-8H3,(H,22,23)/b14-13+. The lowest BCUT2D eigenvalue weighted by Gasteiger charge is -2.30. The van der Waals surface area contributed by atoms with E-state index in [9.17, 15) is 9.90 Å². The predicted molar refractivity (Wildman–Crippen MR) is 101 cm³/mol.